The van der Waals surface area contributed by atoms with Gasteiger partial charge in [0.25, 0.3) is 0 Å². The number of aliphatic imine (C=N–C) groups is 2. The third-order valence-corrected chi connectivity index (χ3v) is 3.94. The van der Waals surface area contributed by atoms with Gasteiger partial charge >= 0.3 is 0 Å². The maximum Gasteiger partial charge on any atom is 0.223 e. The number of guanidine groups is 2. The molecule has 1 aromatic rings. The number of halogens is 2. The highest BCUT2D eigenvalue weighted by Gasteiger charge is 2.17. The molecule has 0 aliphatic carbocycles. The number of hydrogen-bond acceptors (Lipinski definition) is 1. The van der Waals surface area contributed by atoms with Gasteiger partial charge in [0, 0.05) is 17.6 Å². The maximum absolute atomic E-state index is 5.98. The molecule has 0 bridgehead atoms. The summed E-state index contributed by atoms with van der Waals surface area (Å²) >= 11 is 3.37. The van der Waals surface area contributed by atoms with E-state index in [0.717, 1.165) is 42.0 Å². The van der Waals surface area contributed by atoms with Crippen LogP contribution in [0.2, 0.25) is 0 Å². The normalized spacial score (nSPS) is 17.5. The van der Waals surface area contributed by atoms with E-state index in [0.29, 0.717) is 5.96 Å². The zero-order valence-corrected chi connectivity index (χ0v) is 14.4. The van der Waals surface area contributed by atoms with Crippen LogP contribution < -0.4 is 11.5 Å². The first kappa shape index (κ1) is 17.8. The van der Waals surface area contributed by atoms with Gasteiger partial charge in [-0.05, 0) is 43.0 Å². The third kappa shape index (κ3) is 5.55. The minimum Gasteiger partial charge on any atom is -0.369 e. The highest BCUT2D eigenvalue weighted by Crippen LogP contribution is 2.17. The van der Waals surface area contributed by atoms with E-state index in [-0.39, 0.29) is 18.4 Å². The van der Waals surface area contributed by atoms with E-state index in [4.69, 9.17) is 11.5 Å². The SMILES string of the molecule is CC1CCN(C(N)=NC(N)=Nc2ccc(Br)cc2)CC1.Cl. The van der Waals surface area contributed by atoms with E-state index in [1.54, 1.807) is 0 Å². The molecule has 0 radical (unpaired) electrons. The summed E-state index contributed by atoms with van der Waals surface area (Å²) in [4.78, 5) is 10.5. The van der Waals surface area contributed by atoms with Crippen molar-refractivity contribution in [2.24, 2.45) is 27.4 Å². The molecule has 116 valence electrons. The van der Waals surface area contributed by atoms with Crippen LogP contribution in [0.4, 0.5) is 5.69 Å². The maximum atomic E-state index is 5.98. The van der Waals surface area contributed by atoms with Gasteiger partial charge in [0.05, 0.1) is 5.69 Å². The van der Waals surface area contributed by atoms with Crippen LogP contribution in [0, 0.1) is 5.92 Å². The van der Waals surface area contributed by atoms with Gasteiger partial charge in [-0.2, -0.15) is 4.99 Å². The van der Waals surface area contributed by atoms with Crippen molar-refractivity contribution in [3.63, 3.8) is 0 Å². The first-order valence-corrected chi connectivity index (χ1v) is 7.53. The molecule has 1 aliphatic heterocycles. The summed E-state index contributed by atoms with van der Waals surface area (Å²) in [5.41, 5.74) is 12.6. The van der Waals surface area contributed by atoms with Gasteiger partial charge < -0.3 is 16.4 Å². The van der Waals surface area contributed by atoms with Crippen molar-refractivity contribution in [2.75, 3.05) is 13.1 Å². The van der Waals surface area contributed by atoms with Crippen molar-refractivity contribution in [3.8, 4) is 0 Å². The molecule has 1 saturated heterocycles. The van der Waals surface area contributed by atoms with Crippen molar-refractivity contribution in [2.45, 2.75) is 19.8 Å². The Kier molecular flexibility index (Phi) is 6.98. The van der Waals surface area contributed by atoms with Crippen molar-refractivity contribution >= 4 is 45.9 Å². The highest BCUT2D eigenvalue weighted by molar-refractivity contribution is 9.10. The molecule has 1 aromatic carbocycles. The van der Waals surface area contributed by atoms with Crippen LogP contribution in [0.5, 0.6) is 0 Å². The summed E-state index contributed by atoms with van der Waals surface area (Å²) in [5, 5.41) is 0. The summed E-state index contributed by atoms with van der Waals surface area (Å²) in [6.45, 7) is 4.12. The topological polar surface area (TPSA) is 80.0 Å². The van der Waals surface area contributed by atoms with Crippen LogP contribution in [-0.4, -0.2) is 29.9 Å². The standard InChI is InChI=1S/C14H20BrN5.ClH/c1-10-6-8-20(9-7-10)14(17)19-13(16)18-12-4-2-11(15)3-5-12;/h2-5,10H,6-9H2,1H3,(H4,16,17,18,19);1H. The Morgan fingerprint density at radius 3 is 2.33 bits per heavy atom. The fourth-order valence-corrected chi connectivity index (χ4v) is 2.36. The molecular formula is C14H21BrClN5. The minimum absolute atomic E-state index is 0. The van der Waals surface area contributed by atoms with E-state index in [9.17, 15) is 0 Å². The molecule has 5 nitrogen and oxygen atoms in total. The molecule has 0 saturated carbocycles. The van der Waals surface area contributed by atoms with E-state index >= 15 is 0 Å². The van der Waals surface area contributed by atoms with Gasteiger partial charge in [-0.25, -0.2) is 4.99 Å². The second-order valence-electron chi connectivity index (χ2n) is 5.09. The lowest BCUT2D eigenvalue weighted by molar-refractivity contribution is 0.278. The summed E-state index contributed by atoms with van der Waals surface area (Å²) in [6.07, 6.45) is 2.28. The molecule has 0 atom stereocenters. The van der Waals surface area contributed by atoms with Crippen LogP contribution in [0.1, 0.15) is 19.8 Å². The van der Waals surface area contributed by atoms with E-state index < -0.39 is 0 Å². The number of benzene rings is 1. The van der Waals surface area contributed by atoms with Gasteiger partial charge in [-0.15, -0.1) is 12.4 Å². The Morgan fingerprint density at radius 2 is 1.76 bits per heavy atom. The van der Waals surface area contributed by atoms with Crippen molar-refractivity contribution in [1.29, 1.82) is 0 Å². The summed E-state index contributed by atoms with van der Waals surface area (Å²) < 4.78 is 1.00. The molecular weight excluding hydrogens is 354 g/mol. The van der Waals surface area contributed by atoms with Gasteiger partial charge in [0.1, 0.15) is 0 Å². The Morgan fingerprint density at radius 1 is 1.19 bits per heavy atom. The van der Waals surface area contributed by atoms with E-state index in [1.807, 2.05) is 24.3 Å². The molecule has 1 heterocycles. The molecule has 0 aromatic heterocycles. The smallest absolute Gasteiger partial charge is 0.223 e. The van der Waals surface area contributed by atoms with Crippen LogP contribution in [0.3, 0.4) is 0 Å². The van der Waals surface area contributed by atoms with Crippen LogP contribution >= 0.6 is 28.3 Å². The fraction of sp³-hybridized carbons (Fsp3) is 0.429. The fourth-order valence-electron chi connectivity index (χ4n) is 2.10. The molecule has 0 amide bonds. The highest BCUT2D eigenvalue weighted by atomic mass is 79.9. The quantitative estimate of drug-likeness (QED) is 0.586. The van der Waals surface area contributed by atoms with Gasteiger partial charge in [0.2, 0.25) is 5.96 Å². The van der Waals surface area contributed by atoms with Crippen molar-refractivity contribution in [3.05, 3.63) is 28.7 Å². The average molecular weight is 375 g/mol. The third-order valence-electron chi connectivity index (χ3n) is 3.41. The summed E-state index contributed by atoms with van der Waals surface area (Å²) in [7, 11) is 0. The number of rotatable bonds is 1. The molecule has 4 N–H and O–H groups in total. The Balaban J connectivity index is 0.00000220. The van der Waals surface area contributed by atoms with E-state index in [2.05, 4.69) is 37.7 Å². The molecule has 2 rings (SSSR count). The Bertz CT molecular complexity index is 507. The lowest BCUT2D eigenvalue weighted by Gasteiger charge is -2.30. The molecule has 1 fully saturated rings. The molecule has 1 aliphatic rings. The number of nitrogens with two attached hydrogens (primary N) is 2. The van der Waals surface area contributed by atoms with Gasteiger partial charge in [-0.1, -0.05) is 22.9 Å². The molecule has 0 spiro atoms. The van der Waals surface area contributed by atoms with Gasteiger partial charge in [-0.3, -0.25) is 0 Å². The predicted octanol–water partition coefficient (Wildman–Crippen LogP) is 2.86. The predicted molar refractivity (Wildman–Crippen MR) is 94.3 cm³/mol. The lowest BCUT2D eigenvalue weighted by atomic mass is 10.00. The van der Waals surface area contributed by atoms with Crippen LogP contribution in [0.25, 0.3) is 0 Å². The number of nitrogens with zero attached hydrogens (tertiary/aromatic N) is 3. The number of likely N-dealkylation sites (tertiary alicyclic amines) is 1. The van der Waals surface area contributed by atoms with Crippen molar-refractivity contribution in [1.82, 2.24) is 4.90 Å². The minimum atomic E-state index is 0. The molecule has 21 heavy (non-hydrogen) atoms. The van der Waals surface area contributed by atoms with E-state index in [1.165, 1.54) is 0 Å². The second-order valence-corrected chi connectivity index (χ2v) is 6.00. The van der Waals surface area contributed by atoms with Crippen molar-refractivity contribution < 1.29 is 0 Å². The largest absolute Gasteiger partial charge is 0.369 e. The number of hydrogen-bond donors (Lipinski definition) is 2. The van der Waals surface area contributed by atoms with Gasteiger partial charge in [0.15, 0.2) is 5.96 Å². The molecule has 0 unspecified atom stereocenters. The first-order valence-electron chi connectivity index (χ1n) is 6.73. The zero-order chi connectivity index (χ0) is 14.5. The summed E-state index contributed by atoms with van der Waals surface area (Å²) in [6, 6.07) is 7.55. The molecule has 7 heteroatoms. The van der Waals surface area contributed by atoms with Crippen LogP contribution in [0.15, 0.2) is 38.7 Å². The zero-order valence-electron chi connectivity index (χ0n) is 12.0. The Hall–Kier alpha value is -1.27. The number of piperidine rings is 1. The van der Waals surface area contributed by atoms with Crippen LogP contribution in [-0.2, 0) is 0 Å². The Labute approximate surface area is 140 Å². The monoisotopic (exact) mass is 373 g/mol. The first-order chi connectivity index (χ1) is 9.54. The summed E-state index contributed by atoms with van der Waals surface area (Å²) in [5.74, 6) is 1.39. The average Bonchev–Trinajstić information content (AvgIpc) is 2.42. The second kappa shape index (κ2) is 8.24. The lowest BCUT2D eigenvalue weighted by Crippen LogP contribution is -2.43.